The van der Waals surface area contributed by atoms with E-state index in [0.29, 0.717) is 12.1 Å². The first-order chi connectivity index (χ1) is 6.02. The zero-order valence-corrected chi connectivity index (χ0v) is 11.6. The van der Waals surface area contributed by atoms with Crippen LogP contribution in [0.25, 0.3) is 0 Å². The number of nitrogens with zero attached hydrogens (tertiary/aromatic N) is 1. The SMILES string of the molecule is CC(=N)CC(C)=O.Cc1ncc[nH]1.[Br-].[Co]. The fourth-order valence-electron chi connectivity index (χ4n) is 0.718. The fraction of sp³-hybridized carbons (Fsp3) is 0.444. The van der Waals surface area contributed by atoms with Crippen LogP contribution in [0.4, 0.5) is 0 Å². The van der Waals surface area contributed by atoms with Crippen LogP contribution in [0, 0.1) is 12.3 Å². The van der Waals surface area contributed by atoms with Gasteiger partial charge in [-0.2, -0.15) is 0 Å². The Kier molecular flexibility index (Phi) is 15.5. The number of carbonyl (C=O) groups excluding carboxylic acids is 1. The molecular formula is C9H15BrCoN3O-. The van der Waals surface area contributed by atoms with Crippen molar-refractivity contribution in [3.05, 3.63) is 18.2 Å². The number of carbonyl (C=O) groups is 1. The summed E-state index contributed by atoms with van der Waals surface area (Å²) in [6.07, 6.45) is 3.84. The number of aryl methyl sites for hydroxylation is 1. The van der Waals surface area contributed by atoms with E-state index in [-0.39, 0.29) is 39.5 Å². The average molecular weight is 320 g/mol. The van der Waals surface area contributed by atoms with E-state index in [1.165, 1.54) is 6.92 Å². The van der Waals surface area contributed by atoms with Gasteiger partial charge in [-0.25, -0.2) is 4.98 Å². The summed E-state index contributed by atoms with van der Waals surface area (Å²) in [5.74, 6) is 1.03. The van der Waals surface area contributed by atoms with E-state index in [9.17, 15) is 4.79 Å². The van der Waals surface area contributed by atoms with Gasteiger partial charge in [0.1, 0.15) is 11.6 Å². The quantitative estimate of drug-likeness (QED) is 0.667. The van der Waals surface area contributed by atoms with Crippen LogP contribution in [-0.4, -0.2) is 21.5 Å². The molecule has 2 N–H and O–H groups in total. The first kappa shape index (κ1) is 20.0. The number of aromatic nitrogens is 2. The molecule has 89 valence electrons. The maximum absolute atomic E-state index is 10.1. The number of halogens is 1. The topological polar surface area (TPSA) is 69.6 Å². The maximum Gasteiger partial charge on any atom is 0.135 e. The Morgan fingerprint density at radius 2 is 2.07 bits per heavy atom. The van der Waals surface area contributed by atoms with E-state index >= 15 is 0 Å². The number of hydrogen-bond acceptors (Lipinski definition) is 3. The third kappa shape index (κ3) is 16.2. The molecule has 0 aromatic carbocycles. The molecule has 1 radical (unpaired) electrons. The summed E-state index contributed by atoms with van der Waals surface area (Å²) < 4.78 is 0. The van der Waals surface area contributed by atoms with Crippen LogP contribution in [0.15, 0.2) is 12.4 Å². The second-order valence-corrected chi connectivity index (χ2v) is 2.83. The van der Waals surface area contributed by atoms with Crippen molar-refractivity contribution in [3.63, 3.8) is 0 Å². The van der Waals surface area contributed by atoms with Crippen LogP contribution in [-0.2, 0) is 21.6 Å². The molecule has 0 saturated heterocycles. The van der Waals surface area contributed by atoms with Crippen molar-refractivity contribution in [2.45, 2.75) is 27.2 Å². The summed E-state index contributed by atoms with van der Waals surface area (Å²) in [5, 5.41) is 6.80. The summed E-state index contributed by atoms with van der Waals surface area (Å²) in [5.41, 5.74) is 0.438. The third-order valence-corrected chi connectivity index (χ3v) is 1.15. The molecule has 0 aliphatic heterocycles. The van der Waals surface area contributed by atoms with Gasteiger partial charge in [-0.05, 0) is 20.8 Å². The van der Waals surface area contributed by atoms with Gasteiger partial charge in [0.2, 0.25) is 0 Å². The van der Waals surface area contributed by atoms with Gasteiger partial charge in [-0.15, -0.1) is 0 Å². The molecule has 15 heavy (non-hydrogen) atoms. The van der Waals surface area contributed by atoms with E-state index in [0.717, 1.165) is 5.82 Å². The molecule has 1 aromatic heterocycles. The molecule has 0 aliphatic carbocycles. The maximum atomic E-state index is 10.1. The molecule has 1 heterocycles. The monoisotopic (exact) mass is 319 g/mol. The Balaban J connectivity index is -0.000000170. The number of hydrogen-bond donors (Lipinski definition) is 2. The Bertz CT molecular complexity index is 263. The van der Waals surface area contributed by atoms with Gasteiger partial charge >= 0.3 is 0 Å². The van der Waals surface area contributed by atoms with Gasteiger partial charge in [0.05, 0.1) is 0 Å². The molecule has 1 rings (SSSR count). The molecule has 0 atom stereocenters. The predicted molar refractivity (Wildman–Crippen MR) is 52.0 cm³/mol. The summed E-state index contributed by atoms with van der Waals surface area (Å²) in [6, 6.07) is 0. The average Bonchev–Trinajstić information content (AvgIpc) is 2.37. The first-order valence-corrected chi connectivity index (χ1v) is 4.02. The molecule has 0 fully saturated rings. The van der Waals surface area contributed by atoms with Crippen molar-refractivity contribution in [1.82, 2.24) is 9.97 Å². The minimum atomic E-state index is 0. The fourth-order valence-corrected chi connectivity index (χ4v) is 0.718. The molecule has 0 spiro atoms. The summed E-state index contributed by atoms with van der Waals surface area (Å²) >= 11 is 0. The van der Waals surface area contributed by atoms with Gasteiger partial charge in [0.15, 0.2) is 0 Å². The van der Waals surface area contributed by atoms with E-state index in [2.05, 4.69) is 9.97 Å². The summed E-state index contributed by atoms with van der Waals surface area (Å²) in [7, 11) is 0. The van der Waals surface area contributed by atoms with Crippen LogP contribution in [0.2, 0.25) is 0 Å². The van der Waals surface area contributed by atoms with Gasteiger partial charge in [0.25, 0.3) is 0 Å². The van der Waals surface area contributed by atoms with E-state index in [1.807, 2.05) is 6.92 Å². The van der Waals surface area contributed by atoms with Gasteiger partial charge in [0, 0.05) is 41.3 Å². The predicted octanol–water partition coefficient (Wildman–Crippen LogP) is -1.28. The Morgan fingerprint density at radius 1 is 1.53 bits per heavy atom. The minimum Gasteiger partial charge on any atom is -1.00 e. The number of imidazole rings is 1. The summed E-state index contributed by atoms with van der Waals surface area (Å²) in [6.45, 7) is 5.03. The number of ketones is 1. The van der Waals surface area contributed by atoms with E-state index < -0.39 is 0 Å². The molecule has 0 unspecified atom stereocenters. The van der Waals surface area contributed by atoms with Gasteiger partial charge in [-0.3, -0.25) is 4.79 Å². The normalized spacial score (nSPS) is 7.40. The molecule has 0 amide bonds. The summed E-state index contributed by atoms with van der Waals surface area (Å²) in [4.78, 5) is 16.9. The smallest absolute Gasteiger partial charge is 0.135 e. The molecule has 6 heteroatoms. The molecule has 0 saturated carbocycles. The van der Waals surface area contributed by atoms with Crippen molar-refractivity contribution in [2.75, 3.05) is 0 Å². The van der Waals surface area contributed by atoms with Crippen LogP contribution >= 0.6 is 0 Å². The Hall–Kier alpha value is -0.464. The largest absolute Gasteiger partial charge is 1.00 e. The van der Waals surface area contributed by atoms with E-state index in [4.69, 9.17) is 5.41 Å². The first-order valence-electron chi connectivity index (χ1n) is 4.02. The van der Waals surface area contributed by atoms with Crippen LogP contribution < -0.4 is 17.0 Å². The molecule has 4 nitrogen and oxygen atoms in total. The van der Waals surface area contributed by atoms with Crippen molar-refractivity contribution in [3.8, 4) is 0 Å². The molecule has 0 bridgehead atoms. The van der Waals surface area contributed by atoms with Crippen molar-refractivity contribution in [2.24, 2.45) is 0 Å². The third-order valence-electron chi connectivity index (χ3n) is 1.15. The minimum absolute atomic E-state index is 0. The number of H-pyrrole nitrogens is 1. The number of aromatic amines is 1. The Labute approximate surface area is 111 Å². The zero-order chi connectivity index (χ0) is 10.3. The number of Topliss-reactive ketones (excluding diaryl/α,β-unsaturated/α-hetero) is 1. The zero-order valence-electron chi connectivity index (χ0n) is 8.93. The van der Waals surface area contributed by atoms with E-state index in [1.54, 1.807) is 19.3 Å². The second-order valence-electron chi connectivity index (χ2n) is 2.83. The molecule has 0 aliphatic rings. The van der Waals surface area contributed by atoms with Crippen LogP contribution in [0.3, 0.4) is 0 Å². The standard InChI is InChI=1S/C5H9NO.C4H6N2.BrH.Co/c1-4(6)3-5(2)7;1-4-5-2-3-6-4;;/h6H,3H2,1-2H3;2-3H,1H3,(H,5,6);1H;/p-1. The molecular weight excluding hydrogens is 305 g/mol. The van der Waals surface area contributed by atoms with Crippen molar-refractivity contribution < 1.29 is 38.6 Å². The van der Waals surface area contributed by atoms with Gasteiger partial charge < -0.3 is 27.4 Å². The molecule has 1 aromatic rings. The second kappa shape index (κ2) is 11.6. The van der Waals surface area contributed by atoms with Crippen LogP contribution in [0.5, 0.6) is 0 Å². The Morgan fingerprint density at radius 3 is 2.13 bits per heavy atom. The number of rotatable bonds is 2. The van der Waals surface area contributed by atoms with Gasteiger partial charge in [-0.1, -0.05) is 0 Å². The van der Waals surface area contributed by atoms with Crippen molar-refractivity contribution in [1.29, 1.82) is 5.41 Å². The number of nitrogens with one attached hydrogen (secondary N) is 2. The van der Waals surface area contributed by atoms with Crippen LogP contribution in [0.1, 0.15) is 26.1 Å². The van der Waals surface area contributed by atoms with Crippen molar-refractivity contribution >= 4 is 11.5 Å².